The van der Waals surface area contributed by atoms with Crippen molar-refractivity contribution < 1.29 is 9.53 Å². The lowest BCUT2D eigenvalue weighted by molar-refractivity contribution is 0.0856. The topological polar surface area (TPSA) is 71.2 Å². The molecule has 0 bridgehead atoms. The third-order valence-electron chi connectivity index (χ3n) is 3.51. The average molecular weight is 272 g/mol. The van der Waals surface area contributed by atoms with E-state index in [0.29, 0.717) is 6.54 Å². The van der Waals surface area contributed by atoms with E-state index in [9.17, 15) is 9.59 Å². The average Bonchev–Trinajstić information content (AvgIpc) is 2.97. The molecule has 3 rings (SSSR count). The zero-order valence-corrected chi connectivity index (χ0v) is 11.0. The van der Waals surface area contributed by atoms with Crippen LogP contribution in [0, 0.1) is 0 Å². The lowest BCUT2D eigenvalue weighted by atomic mass is 10.1. The highest BCUT2D eigenvalue weighted by molar-refractivity contribution is 5.97. The lowest BCUT2D eigenvalue weighted by Crippen LogP contribution is -2.34. The van der Waals surface area contributed by atoms with Crippen molar-refractivity contribution in [3.05, 3.63) is 46.2 Å². The number of carbonyl (C=O) groups excluding carboxylic acids is 1. The van der Waals surface area contributed by atoms with Gasteiger partial charge in [0.15, 0.2) is 0 Å². The van der Waals surface area contributed by atoms with E-state index in [-0.39, 0.29) is 23.1 Å². The first-order chi connectivity index (χ1) is 9.74. The molecule has 1 aromatic carbocycles. The summed E-state index contributed by atoms with van der Waals surface area (Å²) < 4.78 is 5.44. The number of hydrogen-bond acceptors (Lipinski definition) is 3. The van der Waals surface area contributed by atoms with Crippen molar-refractivity contribution in [1.82, 2.24) is 10.3 Å². The first kappa shape index (κ1) is 12.9. The third-order valence-corrected chi connectivity index (χ3v) is 3.51. The van der Waals surface area contributed by atoms with Crippen LogP contribution in [0.15, 0.2) is 35.1 Å². The zero-order valence-electron chi connectivity index (χ0n) is 11.0. The molecule has 1 amide bonds. The monoisotopic (exact) mass is 272 g/mol. The standard InChI is InChI=1S/C15H16N2O3/c18-14(16-9-11-5-3-7-20-11)12-8-10-4-1-2-6-13(10)17-15(12)19/h1-2,4,6,8,11H,3,5,7,9H2,(H,16,18)(H,17,19)/t11-/m1/s1. The fourth-order valence-electron chi connectivity index (χ4n) is 2.42. The van der Waals surface area contributed by atoms with E-state index in [4.69, 9.17) is 4.74 Å². The quantitative estimate of drug-likeness (QED) is 0.888. The summed E-state index contributed by atoms with van der Waals surface area (Å²) in [5.41, 5.74) is 0.503. The van der Waals surface area contributed by atoms with Crippen LogP contribution in [0.2, 0.25) is 0 Å². The van der Waals surface area contributed by atoms with Crippen molar-refractivity contribution >= 4 is 16.8 Å². The Morgan fingerprint density at radius 1 is 1.40 bits per heavy atom. The van der Waals surface area contributed by atoms with Crippen molar-refractivity contribution in [2.45, 2.75) is 18.9 Å². The van der Waals surface area contributed by atoms with Crippen LogP contribution in [0.5, 0.6) is 0 Å². The van der Waals surface area contributed by atoms with Gasteiger partial charge in [0.1, 0.15) is 5.56 Å². The van der Waals surface area contributed by atoms with Crippen molar-refractivity contribution in [3.8, 4) is 0 Å². The first-order valence-electron chi connectivity index (χ1n) is 6.76. The summed E-state index contributed by atoms with van der Waals surface area (Å²) in [6.45, 7) is 1.20. The molecule has 0 unspecified atom stereocenters. The number of nitrogens with one attached hydrogen (secondary N) is 2. The predicted octanol–water partition coefficient (Wildman–Crippen LogP) is 1.44. The molecule has 1 saturated heterocycles. The van der Waals surface area contributed by atoms with Gasteiger partial charge >= 0.3 is 0 Å². The Balaban J connectivity index is 1.79. The normalized spacial score (nSPS) is 18.3. The van der Waals surface area contributed by atoms with Crippen LogP contribution >= 0.6 is 0 Å². The summed E-state index contributed by atoms with van der Waals surface area (Å²) in [6.07, 6.45) is 2.05. The van der Waals surface area contributed by atoms with Crippen LogP contribution in [0.25, 0.3) is 10.9 Å². The van der Waals surface area contributed by atoms with E-state index in [1.54, 1.807) is 6.07 Å². The highest BCUT2D eigenvalue weighted by Gasteiger charge is 2.18. The lowest BCUT2D eigenvalue weighted by Gasteiger charge is -2.10. The molecule has 2 aromatic rings. The minimum atomic E-state index is -0.367. The van der Waals surface area contributed by atoms with Crippen molar-refractivity contribution in [2.24, 2.45) is 0 Å². The summed E-state index contributed by atoms with van der Waals surface area (Å²) in [4.78, 5) is 26.7. The molecule has 0 spiro atoms. The Hall–Kier alpha value is -2.14. The van der Waals surface area contributed by atoms with Crippen LogP contribution < -0.4 is 10.9 Å². The van der Waals surface area contributed by atoms with Crippen molar-refractivity contribution in [2.75, 3.05) is 13.2 Å². The number of ether oxygens (including phenoxy) is 1. The van der Waals surface area contributed by atoms with Crippen molar-refractivity contribution in [1.29, 1.82) is 0 Å². The molecular weight excluding hydrogens is 256 g/mol. The molecule has 0 saturated carbocycles. The van der Waals surface area contributed by atoms with Gasteiger partial charge in [-0.05, 0) is 30.4 Å². The molecule has 1 atom stereocenters. The molecule has 104 valence electrons. The second kappa shape index (κ2) is 5.46. The predicted molar refractivity (Wildman–Crippen MR) is 75.9 cm³/mol. The number of amides is 1. The summed E-state index contributed by atoms with van der Waals surface area (Å²) in [5.74, 6) is -0.354. The number of rotatable bonds is 3. The van der Waals surface area contributed by atoms with Gasteiger partial charge in [-0.25, -0.2) is 0 Å². The van der Waals surface area contributed by atoms with Crippen LogP contribution in [0.4, 0.5) is 0 Å². The second-order valence-corrected chi connectivity index (χ2v) is 4.94. The number of H-pyrrole nitrogens is 1. The minimum absolute atomic E-state index is 0.0680. The zero-order chi connectivity index (χ0) is 13.9. The fraction of sp³-hybridized carbons (Fsp3) is 0.333. The number of hydrogen-bond donors (Lipinski definition) is 2. The molecule has 1 aromatic heterocycles. The number of aromatic amines is 1. The number of fused-ring (bicyclic) bond motifs is 1. The second-order valence-electron chi connectivity index (χ2n) is 4.94. The van der Waals surface area contributed by atoms with Crippen LogP contribution in [-0.2, 0) is 4.74 Å². The van der Waals surface area contributed by atoms with Crippen LogP contribution in [-0.4, -0.2) is 30.1 Å². The Labute approximate surface area is 116 Å². The number of benzene rings is 1. The van der Waals surface area contributed by atoms with E-state index < -0.39 is 0 Å². The molecule has 0 aliphatic carbocycles. The first-order valence-corrected chi connectivity index (χ1v) is 6.76. The van der Waals surface area contributed by atoms with E-state index in [1.165, 1.54) is 0 Å². The van der Waals surface area contributed by atoms with Gasteiger partial charge in [-0.15, -0.1) is 0 Å². The van der Waals surface area contributed by atoms with Crippen LogP contribution in [0.3, 0.4) is 0 Å². The Bertz CT molecular complexity index is 687. The van der Waals surface area contributed by atoms with Crippen LogP contribution in [0.1, 0.15) is 23.2 Å². The summed E-state index contributed by atoms with van der Waals surface area (Å²) in [7, 11) is 0. The fourth-order valence-corrected chi connectivity index (χ4v) is 2.42. The summed E-state index contributed by atoms with van der Waals surface area (Å²) in [5, 5.41) is 3.60. The molecule has 2 N–H and O–H groups in total. The molecule has 5 heteroatoms. The third kappa shape index (κ3) is 2.58. The molecule has 1 fully saturated rings. The SMILES string of the molecule is O=C(NC[C@H]1CCCO1)c1cc2ccccc2[nH]c1=O. The highest BCUT2D eigenvalue weighted by Crippen LogP contribution is 2.12. The Kier molecular flexibility index (Phi) is 3.52. The maximum atomic E-state index is 12.1. The van der Waals surface area contributed by atoms with Gasteiger partial charge in [0.25, 0.3) is 11.5 Å². The van der Waals surface area contributed by atoms with Gasteiger partial charge in [-0.3, -0.25) is 9.59 Å². The Morgan fingerprint density at radius 2 is 2.25 bits per heavy atom. The van der Waals surface area contributed by atoms with Crippen molar-refractivity contribution in [3.63, 3.8) is 0 Å². The van der Waals surface area contributed by atoms with E-state index in [1.807, 2.05) is 24.3 Å². The maximum Gasteiger partial charge on any atom is 0.261 e. The minimum Gasteiger partial charge on any atom is -0.376 e. The molecule has 1 aliphatic rings. The Morgan fingerprint density at radius 3 is 3.05 bits per heavy atom. The smallest absolute Gasteiger partial charge is 0.261 e. The number of pyridine rings is 1. The van der Waals surface area contributed by atoms with Gasteiger partial charge < -0.3 is 15.0 Å². The maximum absolute atomic E-state index is 12.1. The number of carbonyl (C=O) groups is 1. The van der Waals surface area contributed by atoms with E-state index in [2.05, 4.69) is 10.3 Å². The van der Waals surface area contributed by atoms with Gasteiger partial charge in [0, 0.05) is 18.7 Å². The van der Waals surface area contributed by atoms with E-state index in [0.717, 1.165) is 30.4 Å². The molecule has 20 heavy (non-hydrogen) atoms. The largest absolute Gasteiger partial charge is 0.376 e. The van der Waals surface area contributed by atoms with Gasteiger partial charge in [0.2, 0.25) is 0 Å². The van der Waals surface area contributed by atoms with Gasteiger partial charge in [-0.1, -0.05) is 18.2 Å². The summed E-state index contributed by atoms with van der Waals surface area (Å²) >= 11 is 0. The van der Waals surface area contributed by atoms with Gasteiger partial charge in [-0.2, -0.15) is 0 Å². The molecular formula is C15H16N2O3. The number of aromatic nitrogens is 1. The molecule has 1 aliphatic heterocycles. The molecule has 5 nitrogen and oxygen atoms in total. The summed E-state index contributed by atoms with van der Waals surface area (Å²) in [6, 6.07) is 9.01. The highest BCUT2D eigenvalue weighted by atomic mass is 16.5. The number of para-hydroxylation sites is 1. The van der Waals surface area contributed by atoms with Gasteiger partial charge in [0.05, 0.1) is 6.10 Å². The molecule has 0 radical (unpaired) electrons. The van der Waals surface area contributed by atoms with E-state index >= 15 is 0 Å². The molecule has 2 heterocycles.